The molecule has 0 heterocycles. The van der Waals surface area contributed by atoms with Gasteiger partial charge in [0.15, 0.2) is 0 Å². The second-order valence-electron chi connectivity index (χ2n) is 7.11. The zero-order valence-corrected chi connectivity index (χ0v) is 15.3. The van der Waals surface area contributed by atoms with Crippen molar-refractivity contribution < 1.29 is 4.11 Å². The van der Waals surface area contributed by atoms with Crippen LogP contribution in [0.25, 0.3) is 0 Å². The Hall–Kier alpha value is 0.906. The second-order valence-corrected chi connectivity index (χ2v) is 21.2. The van der Waals surface area contributed by atoms with Crippen LogP contribution in [0.1, 0.15) is 41.5 Å². The van der Waals surface area contributed by atoms with Gasteiger partial charge in [-0.05, 0) is 0 Å². The van der Waals surface area contributed by atoms with E-state index in [1.165, 1.54) is 0 Å². The van der Waals surface area contributed by atoms with Gasteiger partial charge in [-0.25, -0.2) is 0 Å². The SMILES string of the molecule is CC(C)(C)[CH](C(C)(C)C)[Sn]([CH3])([CH3])[NH][Si]F. The molecule has 0 aliphatic heterocycles. The summed E-state index contributed by atoms with van der Waals surface area (Å²) in [6.45, 7) is 13.7. The van der Waals surface area contributed by atoms with Crippen molar-refractivity contribution in [2.24, 2.45) is 10.8 Å². The van der Waals surface area contributed by atoms with Crippen molar-refractivity contribution in [3.63, 3.8) is 0 Å². The van der Waals surface area contributed by atoms with Crippen molar-refractivity contribution in [2.75, 3.05) is 0 Å². The van der Waals surface area contributed by atoms with E-state index in [9.17, 15) is 4.11 Å². The van der Waals surface area contributed by atoms with E-state index in [-0.39, 0.29) is 10.8 Å². The molecular weight excluding hydrogens is 312 g/mol. The van der Waals surface area contributed by atoms with E-state index in [1.54, 1.807) is 0 Å². The predicted molar refractivity (Wildman–Crippen MR) is 70.1 cm³/mol. The van der Waals surface area contributed by atoms with Crippen LogP contribution in [-0.2, 0) is 0 Å². The second kappa shape index (κ2) is 5.04. The fourth-order valence-corrected chi connectivity index (χ4v) is 19.7. The van der Waals surface area contributed by atoms with Gasteiger partial charge in [0.05, 0.1) is 0 Å². The summed E-state index contributed by atoms with van der Waals surface area (Å²) in [5.41, 5.74) is 0.509. The molecule has 90 valence electrons. The van der Waals surface area contributed by atoms with E-state index in [1.807, 2.05) is 0 Å². The molecule has 0 aliphatic rings. The topological polar surface area (TPSA) is 12.0 Å². The van der Waals surface area contributed by atoms with Gasteiger partial charge >= 0.3 is 102 Å². The molecule has 0 spiro atoms. The molecule has 15 heavy (non-hydrogen) atoms. The van der Waals surface area contributed by atoms with E-state index in [4.69, 9.17) is 0 Å². The first kappa shape index (κ1) is 15.9. The van der Waals surface area contributed by atoms with Crippen molar-refractivity contribution in [3.05, 3.63) is 0 Å². The van der Waals surface area contributed by atoms with Gasteiger partial charge in [0.1, 0.15) is 0 Å². The first-order valence-corrected chi connectivity index (χ1v) is 15.2. The summed E-state index contributed by atoms with van der Waals surface area (Å²) in [7, 11) is -0.597. The average molecular weight is 338 g/mol. The minimum absolute atomic E-state index is 0.254. The molecule has 1 nitrogen and oxygen atoms in total. The van der Waals surface area contributed by atoms with Gasteiger partial charge < -0.3 is 0 Å². The van der Waals surface area contributed by atoms with E-state index in [0.29, 0.717) is 3.93 Å². The Kier molecular flexibility index (Phi) is 5.35. The maximum absolute atomic E-state index is 12.6. The fourth-order valence-electron chi connectivity index (χ4n) is 3.66. The molecule has 0 unspecified atom stereocenters. The molecule has 2 radical (unpaired) electrons. The summed E-state index contributed by atoms with van der Waals surface area (Å²) < 4.78 is 16.4. The Bertz CT molecular complexity index is 192. The first-order valence-electron chi connectivity index (χ1n) is 5.56. The van der Waals surface area contributed by atoms with Crippen LogP contribution in [0.3, 0.4) is 0 Å². The molecule has 0 bridgehead atoms. The van der Waals surface area contributed by atoms with Gasteiger partial charge in [-0.2, -0.15) is 0 Å². The summed E-state index contributed by atoms with van der Waals surface area (Å²) >= 11 is -2.50. The molecule has 0 aromatic rings. The standard InChI is InChI=1S/C9H19.2CH3.FHNSi.Sn/c1-8(2,3)7-9(4,5)6;;;1-3-2;/h7H,1-6H3;2*1H3;2H;/q;;;-1;+1. The van der Waals surface area contributed by atoms with Crippen LogP contribution in [0, 0.1) is 10.8 Å². The molecular formula is C11H26FNSiSn. The Morgan fingerprint density at radius 3 is 1.53 bits per heavy atom. The normalized spacial score (nSPS) is 14.8. The van der Waals surface area contributed by atoms with Crippen LogP contribution in [0.2, 0.25) is 13.8 Å². The monoisotopic (exact) mass is 339 g/mol. The van der Waals surface area contributed by atoms with Crippen LogP contribution in [0.15, 0.2) is 0 Å². The molecule has 1 N–H and O–H groups in total. The maximum atomic E-state index is 12.6. The minimum atomic E-state index is -2.50. The number of hydrogen-bond donors (Lipinski definition) is 1. The van der Waals surface area contributed by atoms with E-state index >= 15 is 0 Å². The average Bonchev–Trinajstić information content (AvgIpc) is 1.75. The fraction of sp³-hybridized carbons (Fsp3) is 1.00. The molecule has 0 saturated carbocycles. The predicted octanol–water partition coefficient (Wildman–Crippen LogP) is 3.75. The van der Waals surface area contributed by atoms with Gasteiger partial charge in [0.2, 0.25) is 0 Å². The van der Waals surface area contributed by atoms with Gasteiger partial charge in [0, 0.05) is 0 Å². The van der Waals surface area contributed by atoms with Crippen molar-refractivity contribution in [3.8, 4) is 0 Å². The first-order chi connectivity index (χ1) is 6.43. The number of halogens is 1. The van der Waals surface area contributed by atoms with E-state index in [2.05, 4.69) is 54.6 Å². The molecule has 0 saturated heterocycles. The van der Waals surface area contributed by atoms with Crippen LogP contribution in [0.4, 0.5) is 4.11 Å². The molecule has 0 amide bonds. The number of nitrogens with one attached hydrogen (secondary N) is 1. The Balaban J connectivity index is 5.13. The third-order valence-corrected chi connectivity index (χ3v) is 19.0. The molecule has 0 aromatic heterocycles. The molecule has 4 heteroatoms. The molecule has 0 rings (SSSR count). The summed E-state index contributed by atoms with van der Waals surface area (Å²) in [5, 5.41) is 0. The van der Waals surface area contributed by atoms with E-state index < -0.39 is 28.7 Å². The number of rotatable bonds is 3. The molecule has 0 atom stereocenters. The van der Waals surface area contributed by atoms with E-state index in [0.717, 1.165) is 0 Å². The zero-order valence-electron chi connectivity index (χ0n) is 11.5. The van der Waals surface area contributed by atoms with Crippen molar-refractivity contribution in [1.82, 2.24) is 3.20 Å². The number of hydrogen-bond acceptors (Lipinski definition) is 1. The Morgan fingerprint density at radius 2 is 1.33 bits per heavy atom. The van der Waals surface area contributed by atoms with Crippen LogP contribution >= 0.6 is 0 Å². The van der Waals surface area contributed by atoms with Crippen molar-refractivity contribution >= 4 is 28.7 Å². The molecule has 0 fully saturated rings. The van der Waals surface area contributed by atoms with Crippen LogP contribution in [0.5, 0.6) is 0 Å². The third kappa shape index (κ3) is 4.73. The van der Waals surface area contributed by atoms with Gasteiger partial charge in [-0.15, -0.1) is 0 Å². The summed E-state index contributed by atoms with van der Waals surface area (Å²) in [6, 6.07) is 0. The van der Waals surface area contributed by atoms with Crippen LogP contribution < -0.4 is 3.20 Å². The molecule has 0 aromatic carbocycles. The van der Waals surface area contributed by atoms with Crippen LogP contribution in [-0.4, -0.2) is 28.7 Å². The van der Waals surface area contributed by atoms with Gasteiger partial charge in [-0.1, -0.05) is 0 Å². The summed E-state index contributed by atoms with van der Waals surface area (Å²) in [5.74, 6) is 0. The van der Waals surface area contributed by atoms with Gasteiger partial charge in [-0.3, -0.25) is 0 Å². The third-order valence-electron chi connectivity index (χ3n) is 2.82. The molecule has 0 aliphatic carbocycles. The quantitative estimate of drug-likeness (QED) is 0.611. The summed E-state index contributed by atoms with van der Waals surface area (Å²) in [4.78, 5) is 4.62. The summed E-state index contributed by atoms with van der Waals surface area (Å²) in [6.07, 6.45) is 0. The Morgan fingerprint density at radius 1 is 1.00 bits per heavy atom. The zero-order chi connectivity index (χ0) is 12.5. The Labute approximate surface area is 102 Å². The van der Waals surface area contributed by atoms with Crippen molar-refractivity contribution in [1.29, 1.82) is 0 Å². The van der Waals surface area contributed by atoms with Crippen molar-refractivity contribution in [2.45, 2.75) is 55.4 Å². The van der Waals surface area contributed by atoms with Gasteiger partial charge in [0.25, 0.3) is 0 Å².